The summed E-state index contributed by atoms with van der Waals surface area (Å²) in [6.07, 6.45) is 5.39. The molecule has 160 valence electrons. The predicted molar refractivity (Wildman–Crippen MR) is 118 cm³/mol. The van der Waals surface area contributed by atoms with Crippen molar-refractivity contribution in [3.63, 3.8) is 0 Å². The largest absolute Gasteiger partial charge is 0.496 e. The number of carbonyl (C=O) groups is 2. The molecule has 2 aromatic carbocycles. The van der Waals surface area contributed by atoms with Gasteiger partial charge in [-0.15, -0.1) is 0 Å². The van der Waals surface area contributed by atoms with Gasteiger partial charge in [-0.1, -0.05) is 36.4 Å². The Morgan fingerprint density at radius 1 is 1.00 bits per heavy atom. The minimum atomic E-state index is -0.629. The Labute approximate surface area is 182 Å². The molecule has 0 aliphatic rings. The van der Waals surface area contributed by atoms with Crippen LogP contribution in [0.3, 0.4) is 0 Å². The van der Waals surface area contributed by atoms with Gasteiger partial charge in [-0.2, -0.15) is 0 Å². The number of rotatable bonds is 6. The first-order chi connectivity index (χ1) is 15.6. The maximum atomic E-state index is 13.0. The molecule has 32 heavy (non-hydrogen) atoms. The standard InChI is InChI=1S/C23H19N5O4/c1-32-20-9-5-2-6-15(20)12-26-21(29)18-14-28(23(31)17-8-4-3-7-16(17)18)27-22(30)19-13-24-10-11-25-19/h2-11,13-14H,12H2,1H3,(H,26,29)(H,27,30). The number of nitrogens with zero attached hydrogens (tertiary/aromatic N) is 3. The van der Waals surface area contributed by atoms with Gasteiger partial charge in [0.25, 0.3) is 17.4 Å². The van der Waals surface area contributed by atoms with E-state index in [0.717, 1.165) is 10.2 Å². The van der Waals surface area contributed by atoms with Gasteiger partial charge in [0.05, 0.1) is 18.9 Å². The molecule has 0 fully saturated rings. The second-order valence-corrected chi connectivity index (χ2v) is 6.79. The molecule has 4 aromatic rings. The zero-order chi connectivity index (χ0) is 22.5. The van der Waals surface area contributed by atoms with Crippen LogP contribution < -0.4 is 21.0 Å². The Bertz CT molecular complexity index is 1350. The predicted octanol–water partition coefficient (Wildman–Crippen LogP) is 2.11. The van der Waals surface area contributed by atoms with Crippen molar-refractivity contribution in [2.45, 2.75) is 6.54 Å². The Hall–Kier alpha value is -4.53. The average Bonchev–Trinajstić information content (AvgIpc) is 2.85. The summed E-state index contributed by atoms with van der Waals surface area (Å²) in [5.41, 5.74) is 3.07. The summed E-state index contributed by atoms with van der Waals surface area (Å²) in [5.74, 6) is -0.385. The van der Waals surface area contributed by atoms with E-state index < -0.39 is 17.4 Å². The van der Waals surface area contributed by atoms with Crippen LogP contribution in [0.25, 0.3) is 10.8 Å². The maximum Gasteiger partial charge on any atom is 0.290 e. The zero-order valence-corrected chi connectivity index (χ0v) is 17.1. The fourth-order valence-electron chi connectivity index (χ4n) is 3.26. The highest BCUT2D eigenvalue weighted by Gasteiger charge is 2.17. The van der Waals surface area contributed by atoms with Crippen LogP contribution in [0.5, 0.6) is 5.75 Å². The lowest BCUT2D eigenvalue weighted by Gasteiger charge is -2.14. The molecule has 9 nitrogen and oxygen atoms in total. The summed E-state index contributed by atoms with van der Waals surface area (Å²) >= 11 is 0. The highest BCUT2D eigenvalue weighted by Crippen LogP contribution is 2.18. The molecule has 0 aliphatic carbocycles. The lowest BCUT2D eigenvalue weighted by Crippen LogP contribution is -2.35. The normalized spacial score (nSPS) is 10.5. The molecule has 9 heteroatoms. The molecule has 2 N–H and O–H groups in total. The first-order valence-electron chi connectivity index (χ1n) is 9.70. The number of pyridine rings is 1. The van der Waals surface area contributed by atoms with Crippen LogP contribution in [-0.2, 0) is 6.54 Å². The van der Waals surface area contributed by atoms with Crippen molar-refractivity contribution in [1.29, 1.82) is 0 Å². The maximum absolute atomic E-state index is 13.0. The summed E-state index contributed by atoms with van der Waals surface area (Å²) in [4.78, 5) is 46.2. The summed E-state index contributed by atoms with van der Waals surface area (Å²) < 4.78 is 6.30. The molecule has 0 saturated carbocycles. The third-order valence-corrected chi connectivity index (χ3v) is 4.82. The fourth-order valence-corrected chi connectivity index (χ4v) is 3.26. The van der Waals surface area contributed by atoms with Gasteiger partial charge >= 0.3 is 0 Å². The van der Waals surface area contributed by atoms with Gasteiger partial charge in [0, 0.05) is 41.5 Å². The zero-order valence-electron chi connectivity index (χ0n) is 17.1. The van der Waals surface area contributed by atoms with E-state index in [4.69, 9.17) is 4.74 Å². The fraction of sp³-hybridized carbons (Fsp3) is 0.0870. The number of fused-ring (bicyclic) bond motifs is 1. The minimum absolute atomic E-state index is 0.0368. The Morgan fingerprint density at radius 3 is 2.50 bits per heavy atom. The molecule has 0 saturated heterocycles. The van der Waals surface area contributed by atoms with Crippen LogP contribution in [0.1, 0.15) is 26.4 Å². The summed E-state index contributed by atoms with van der Waals surface area (Å²) in [7, 11) is 1.56. The third kappa shape index (κ3) is 4.17. The quantitative estimate of drug-likeness (QED) is 0.485. The molecule has 2 heterocycles. The van der Waals surface area contributed by atoms with Crippen molar-refractivity contribution in [3.05, 3.63) is 100 Å². The monoisotopic (exact) mass is 429 g/mol. The van der Waals surface area contributed by atoms with Crippen molar-refractivity contribution in [2.75, 3.05) is 12.5 Å². The lowest BCUT2D eigenvalue weighted by atomic mass is 10.1. The van der Waals surface area contributed by atoms with Crippen LogP contribution >= 0.6 is 0 Å². The van der Waals surface area contributed by atoms with E-state index in [2.05, 4.69) is 20.7 Å². The van der Waals surface area contributed by atoms with Crippen molar-refractivity contribution in [3.8, 4) is 5.75 Å². The molecule has 2 aromatic heterocycles. The first-order valence-corrected chi connectivity index (χ1v) is 9.70. The van der Waals surface area contributed by atoms with E-state index in [9.17, 15) is 14.4 Å². The number of benzene rings is 2. The van der Waals surface area contributed by atoms with Gasteiger partial charge in [-0.25, -0.2) is 9.66 Å². The summed E-state index contributed by atoms with van der Waals surface area (Å²) in [6, 6.07) is 14.0. The molecule has 0 radical (unpaired) electrons. The number of hydrogen-bond donors (Lipinski definition) is 2. The van der Waals surface area contributed by atoms with Gasteiger partial charge in [0.1, 0.15) is 11.4 Å². The number of hydrogen-bond acceptors (Lipinski definition) is 6. The van der Waals surface area contributed by atoms with Crippen LogP contribution in [0.15, 0.2) is 78.1 Å². The first kappa shape index (κ1) is 20.7. The van der Waals surface area contributed by atoms with Crippen LogP contribution in [0, 0.1) is 0 Å². The average molecular weight is 429 g/mol. The van der Waals surface area contributed by atoms with E-state index in [1.54, 1.807) is 37.4 Å². The number of ether oxygens (including phenoxy) is 1. The van der Waals surface area contributed by atoms with Gasteiger partial charge < -0.3 is 10.1 Å². The van der Waals surface area contributed by atoms with E-state index in [0.29, 0.717) is 11.1 Å². The van der Waals surface area contributed by atoms with Gasteiger partial charge in [0.2, 0.25) is 0 Å². The third-order valence-electron chi connectivity index (χ3n) is 4.82. The van der Waals surface area contributed by atoms with E-state index >= 15 is 0 Å². The molecule has 0 aliphatic heterocycles. The minimum Gasteiger partial charge on any atom is -0.496 e. The molecule has 0 atom stereocenters. The topological polar surface area (TPSA) is 115 Å². The number of methoxy groups -OCH3 is 1. The lowest BCUT2D eigenvalue weighted by molar-refractivity contribution is 0.0948. The van der Waals surface area contributed by atoms with Gasteiger partial charge in [-0.05, 0) is 12.1 Å². The molecule has 2 amide bonds. The van der Waals surface area contributed by atoms with Crippen molar-refractivity contribution in [2.24, 2.45) is 0 Å². The highest BCUT2D eigenvalue weighted by atomic mass is 16.5. The Kier molecular flexibility index (Phi) is 5.89. The second-order valence-electron chi connectivity index (χ2n) is 6.79. The number of para-hydroxylation sites is 1. The van der Waals surface area contributed by atoms with Crippen molar-refractivity contribution >= 4 is 22.6 Å². The molecule has 4 rings (SSSR count). The molecule has 0 spiro atoms. The van der Waals surface area contributed by atoms with Crippen LogP contribution in [0.4, 0.5) is 0 Å². The summed E-state index contributed by atoms with van der Waals surface area (Å²) in [5, 5.41) is 3.61. The number of nitrogens with one attached hydrogen (secondary N) is 2. The second kappa shape index (κ2) is 9.09. The smallest absolute Gasteiger partial charge is 0.290 e. The van der Waals surface area contributed by atoms with E-state index in [1.807, 2.05) is 18.2 Å². The molecule has 0 bridgehead atoms. The van der Waals surface area contributed by atoms with E-state index in [-0.39, 0.29) is 23.2 Å². The Balaban J connectivity index is 1.67. The van der Waals surface area contributed by atoms with Gasteiger partial charge in [0.15, 0.2) is 0 Å². The summed E-state index contributed by atoms with van der Waals surface area (Å²) in [6.45, 7) is 0.224. The molecular weight excluding hydrogens is 410 g/mol. The van der Waals surface area contributed by atoms with Crippen LogP contribution in [-0.4, -0.2) is 33.6 Å². The number of amides is 2. The highest BCUT2D eigenvalue weighted by molar-refractivity contribution is 6.07. The SMILES string of the molecule is COc1ccccc1CNC(=O)c1cn(NC(=O)c2cnccn2)c(=O)c2ccccc12. The van der Waals surface area contributed by atoms with Gasteiger partial charge in [-0.3, -0.25) is 24.8 Å². The molecule has 0 unspecified atom stereocenters. The Morgan fingerprint density at radius 2 is 1.75 bits per heavy atom. The van der Waals surface area contributed by atoms with Crippen molar-refractivity contribution in [1.82, 2.24) is 20.0 Å². The number of carbonyl (C=O) groups excluding carboxylic acids is 2. The van der Waals surface area contributed by atoms with Crippen molar-refractivity contribution < 1.29 is 14.3 Å². The molecular formula is C23H19N5O4. The number of aromatic nitrogens is 3. The van der Waals surface area contributed by atoms with E-state index in [1.165, 1.54) is 24.8 Å². The van der Waals surface area contributed by atoms with Crippen LogP contribution in [0.2, 0.25) is 0 Å².